The summed E-state index contributed by atoms with van der Waals surface area (Å²) >= 11 is 0. The molecule has 2 rings (SSSR count). The highest BCUT2D eigenvalue weighted by Crippen LogP contribution is 2.29. The van der Waals surface area contributed by atoms with Crippen LogP contribution in [-0.4, -0.2) is 70.7 Å². The summed E-state index contributed by atoms with van der Waals surface area (Å²) in [6.07, 6.45) is -0.419. The van der Waals surface area contributed by atoms with E-state index in [1.54, 1.807) is 39.2 Å². The zero-order valence-corrected chi connectivity index (χ0v) is 16.9. The standard InChI is InChI=1S/C17H27N3O6S/c1-5-26-17(21)19-8-10-20(11-9-19)27(22,23)18-13(2)15-12-14(24-3)6-7-16(15)25-4/h6-7,12-13,18H,5,8-11H2,1-4H3. The van der Waals surface area contributed by atoms with Gasteiger partial charge < -0.3 is 19.1 Å². The van der Waals surface area contributed by atoms with Gasteiger partial charge in [0.2, 0.25) is 0 Å². The van der Waals surface area contributed by atoms with Gasteiger partial charge >= 0.3 is 6.09 Å². The van der Waals surface area contributed by atoms with Crippen LogP contribution in [0, 0.1) is 0 Å². The van der Waals surface area contributed by atoms with E-state index in [0.29, 0.717) is 23.7 Å². The number of amides is 1. The molecule has 1 aliphatic rings. The molecule has 10 heteroatoms. The lowest BCUT2D eigenvalue weighted by atomic mass is 10.1. The van der Waals surface area contributed by atoms with Crippen LogP contribution in [0.15, 0.2) is 18.2 Å². The van der Waals surface area contributed by atoms with Crippen molar-refractivity contribution in [2.75, 3.05) is 47.0 Å². The molecule has 1 atom stereocenters. The Morgan fingerprint density at radius 2 is 1.85 bits per heavy atom. The average molecular weight is 401 g/mol. The fourth-order valence-corrected chi connectivity index (χ4v) is 4.23. The van der Waals surface area contributed by atoms with Gasteiger partial charge in [0.1, 0.15) is 11.5 Å². The summed E-state index contributed by atoms with van der Waals surface area (Å²) in [5.41, 5.74) is 0.672. The average Bonchev–Trinajstić information content (AvgIpc) is 2.67. The summed E-state index contributed by atoms with van der Waals surface area (Å²) in [5.74, 6) is 1.18. The van der Waals surface area contributed by atoms with E-state index in [4.69, 9.17) is 14.2 Å². The smallest absolute Gasteiger partial charge is 0.409 e. The molecule has 152 valence electrons. The second-order valence-electron chi connectivity index (χ2n) is 6.04. The van der Waals surface area contributed by atoms with Crippen molar-refractivity contribution >= 4 is 16.3 Å². The summed E-state index contributed by atoms with van der Waals surface area (Å²) in [4.78, 5) is 13.2. The van der Waals surface area contributed by atoms with Crippen LogP contribution in [0.5, 0.6) is 11.5 Å². The number of nitrogens with one attached hydrogen (secondary N) is 1. The fraction of sp³-hybridized carbons (Fsp3) is 0.588. The molecule has 1 unspecified atom stereocenters. The van der Waals surface area contributed by atoms with E-state index in [-0.39, 0.29) is 26.2 Å². The molecule has 1 N–H and O–H groups in total. The first-order chi connectivity index (χ1) is 12.8. The molecule has 1 aromatic rings. The van der Waals surface area contributed by atoms with Gasteiger partial charge in [0.15, 0.2) is 0 Å². The molecule has 1 fully saturated rings. The molecule has 0 aromatic heterocycles. The number of nitrogens with zero attached hydrogens (tertiary/aromatic N) is 2. The van der Waals surface area contributed by atoms with E-state index >= 15 is 0 Å². The number of carbonyl (C=O) groups excluding carboxylic acids is 1. The van der Waals surface area contributed by atoms with Crippen molar-refractivity contribution in [1.82, 2.24) is 13.9 Å². The summed E-state index contributed by atoms with van der Waals surface area (Å²) in [6, 6.07) is 4.70. The molecule has 1 aromatic carbocycles. The number of rotatable bonds is 7. The molecule has 0 bridgehead atoms. The van der Waals surface area contributed by atoms with E-state index in [1.807, 2.05) is 0 Å². The number of carbonyl (C=O) groups is 1. The van der Waals surface area contributed by atoms with Gasteiger partial charge in [0, 0.05) is 37.8 Å². The maximum absolute atomic E-state index is 12.7. The molecular weight excluding hydrogens is 374 g/mol. The van der Waals surface area contributed by atoms with Crippen molar-refractivity contribution in [2.45, 2.75) is 19.9 Å². The zero-order chi connectivity index (χ0) is 20.0. The maximum atomic E-state index is 12.7. The van der Waals surface area contributed by atoms with Crippen LogP contribution in [-0.2, 0) is 14.9 Å². The molecule has 1 heterocycles. The normalized spacial score (nSPS) is 16.7. The lowest BCUT2D eigenvalue weighted by molar-refractivity contribution is 0.0931. The molecule has 1 amide bonds. The molecule has 0 spiro atoms. The Bertz CT molecular complexity index is 747. The lowest BCUT2D eigenvalue weighted by Gasteiger charge is -2.34. The van der Waals surface area contributed by atoms with Crippen molar-refractivity contribution in [3.63, 3.8) is 0 Å². The highest BCUT2D eigenvalue weighted by molar-refractivity contribution is 7.87. The predicted octanol–water partition coefficient (Wildman–Crippen LogP) is 1.37. The van der Waals surface area contributed by atoms with E-state index in [1.165, 1.54) is 16.3 Å². The number of ether oxygens (including phenoxy) is 3. The Morgan fingerprint density at radius 1 is 1.19 bits per heavy atom. The molecular formula is C17H27N3O6S. The van der Waals surface area contributed by atoms with Crippen LogP contribution in [0.1, 0.15) is 25.5 Å². The van der Waals surface area contributed by atoms with Crippen LogP contribution in [0.4, 0.5) is 4.79 Å². The SMILES string of the molecule is CCOC(=O)N1CCN(S(=O)(=O)NC(C)c2cc(OC)ccc2OC)CC1. The minimum atomic E-state index is -3.73. The van der Waals surface area contributed by atoms with Crippen molar-refractivity contribution in [3.8, 4) is 11.5 Å². The maximum Gasteiger partial charge on any atom is 0.409 e. The summed E-state index contributed by atoms with van der Waals surface area (Å²) < 4.78 is 44.9. The molecule has 0 saturated carbocycles. The topological polar surface area (TPSA) is 97.4 Å². The van der Waals surface area contributed by atoms with Gasteiger partial charge in [0.05, 0.1) is 20.8 Å². The minimum Gasteiger partial charge on any atom is -0.497 e. The third-order valence-corrected chi connectivity index (χ3v) is 6.03. The third-order valence-electron chi connectivity index (χ3n) is 4.33. The summed E-state index contributed by atoms with van der Waals surface area (Å²) in [5, 5.41) is 0. The number of hydrogen-bond acceptors (Lipinski definition) is 6. The summed E-state index contributed by atoms with van der Waals surface area (Å²) in [6.45, 7) is 4.75. The second kappa shape index (κ2) is 9.25. The Kier molecular flexibility index (Phi) is 7.28. The quantitative estimate of drug-likeness (QED) is 0.741. The molecule has 0 aliphatic carbocycles. The van der Waals surface area contributed by atoms with Crippen molar-refractivity contribution in [3.05, 3.63) is 23.8 Å². The van der Waals surface area contributed by atoms with Crippen LogP contribution in [0.2, 0.25) is 0 Å². The van der Waals surface area contributed by atoms with E-state index < -0.39 is 22.3 Å². The number of methoxy groups -OCH3 is 2. The van der Waals surface area contributed by atoms with Gasteiger partial charge in [-0.1, -0.05) is 0 Å². The highest BCUT2D eigenvalue weighted by Gasteiger charge is 2.31. The second-order valence-corrected chi connectivity index (χ2v) is 7.74. The molecule has 1 saturated heterocycles. The Balaban J connectivity index is 2.05. The van der Waals surface area contributed by atoms with E-state index in [9.17, 15) is 13.2 Å². The summed E-state index contributed by atoms with van der Waals surface area (Å²) in [7, 11) is -0.655. The molecule has 27 heavy (non-hydrogen) atoms. The van der Waals surface area contributed by atoms with Crippen LogP contribution in [0.25, 0.3) is 0 Å². The van der Waals surface area contributed by atoms with Crippen molar-refractivity contribution in [2.24, 2.45) is 0 Å². The van der Waals surface area contributed by atoms with Gasteiger partial charge in [-0.25, -0.2) is 4.79 Å². The highest BCUT2D eigenvalue weighted by atomic mass is 32.2. The lowest BCUT2D eigenvalue weighted by Crippen LogP contribution is -2.53. The Hall–Kier alpha value is -2.04. The van der Waals surface area contributed by atoms with Crippen molar-refractivity contribution < 1.29 is 27.4 Å². The van der Waals surface area contributed by atoms with Gasteiger partial charge in [-0.3, -0.25) is 0 Å². The van der Waals surface area contributed by atoms with Gasteiger partial charge in [-0.15, -0.1) is 0 Å². The first-order valence-electron chi connectivity index (χ1n) is 8.73. The van der Waals surface area contributed by atoms with E-state index in [0.717, 1.165) is 0 Å². The van der Waals surface area contributed by atoms with Gasteiger partial charge in [-0.2, -0.15) is 17.4 Å². The van der Waals surface area contributed by atoms with Crippen LogP contribution >= 0.6 is 0 Å². The van der Waals surface area contributed by atoms with E-state index in [2.05, 4.69) is 4.72 Å². The number of piperazine rings is 1. The number of hydrogen-bond donors (Lipinski definition) is 1. The largest absolute Gasteiger partial charge is 0.497 e. The van der Waals surface area contributed by atoms with Crippen molar-refractivity contribution in [1.29, 1.82) is 0 Å². The van der Waals surface area contributed by atoms with Gasteiger partial charge in [0.25, 0.3) is 10.2 Å². The fourth-order valence-electron chi connectivity index (χ4n) is 2.87. The first kappa shape index (κ1) is 21.3. The Morgan fingerprint density at radius 3 is 2.41 bits per heavy atom. The molecule has 1 aliphatic heterocycles. The molecule has 9 nitrogen and oxygen atoms in total. The predicted molar refractivity (Wildman–Crippen MR) is 100 cm³/mol. The minimum absolute atomic E-state index is 0.204. The van der Waals surface area contributed by atoms with Gasteiger partial charge in [-0.05, 0) is 32.0 Å². The third kappa shape index (κ3) is 5.24. The number of benzene rings is 1. The first-order valence-corrected chi connectivity index (χ1v) is 10.2. The monoisotopic (exact) mass is 401 g/mol. The molecule has 0 radical (unpaired) electrons. The zero-order valence-electron chi connectivity index (χ0n) is 16.1. The Labute approximate surface area is 160 Å². The van der Waals surface area contributed by atoms with Crippen LogP contribution in [0.3, 0.4) is 0 Å². The van der Waals surface area contributed by atoms with Crippen LogP contribution < -0.4 is 14.2 Å².